The van der Waals surface area contributed by atoms with Gasteiger partial charge in [-0.1, -0.05) is 30.3 Å². The minimum Gasteiger partial charge on any atom is -0.497 e. The highest BCUT2D eigenvalue weighted by molar-refractivity contribution is 5.92. The SMILES string of the molecule is COc1ccc(C(NC(=O)CN(C)CC(=O)Nc2cccc(F)c2)c2ccc(OC)cc2)cc1. The first kappa shape index (κ1) is 24.7. The molecule has 0 atom stereocenters. The second kappa shape index (κ2) is 11.8. The highest BCUT2D eigenvalue weighted by Gasteiger charge is 2.19. The topological polar surface area (TPSA) is 79.9 Å². The van der Waals surface area contributed by atoms with Crippen molar-refractivity contribution in [3.8, 4) is 11.5 Å². The van der Waals surface area contributed by atoms with Crippen molar-refractivity contribution < 1.29 is 23.5 Å². The highest BCUT2D eigenvalue weighted by atomic mass is 19.1. The Morgan fingerprint density at radius 1 is 0.853 bits per heavy atom. The summed E-state index contributed by atoms with van der Waals surface area (Å²) in [5.74, 6) is 0.397. The monoisotopic (exact) mass is 465 g/mol. The molecule has 0 unspecified atom stereocenters. The molecule has 178 valence electrons. The van der Waals surface area contributed by atoms with E-state index in [2.05, 4.69) is 10.6 Å². The van der Waals surface area contributed by atoms with Crippen LogP contribution in [0.1, 0.15) is 17.2 Å². The van der Waals surface area contributed by atoms with Gasteiger partial charge in [-0.3, -0.25) is 14.5 Å². The average molecular weight is 466 g/mol. The van der Waals surface area contributed by atoms with Crippen molar-refractivity contribution in [1.29, 1.82) is 0 Å². The van der Waals surface area contributed by atoms with Crippen LogP contribution in [0.25, 0.3) is 0 Å². The summed E-state index contributed by atoms with van der Waals surface area (Å²) in [4.78, 5) is 26.7. The fourth-order valence-electron chi connectivity index (χ4n) is 3.47. The van der Waals surface area contributed by atoms with Crippen LogP contribution in [-0.2, 0) is 9.59 Å². The van der Waals surface area contributed by atoms with Crippen LogP contribution >= 0.6 is 0 Å². The molecule has 2 amide bonds. The third-order valence-electron chi connectivity index (χ3n) is 5.14. The lowest BCUT2D eigenvalue weighted by molar-refractivity contribution is -0.123. The van der Waals surface area contributed by atoms with Gasteiger partial charge in [0.2, 0.25) is 11.8 Å². The van der Waals surface area contributed by atoms with Crippen LogP contribution in [0.5, 0.6) is 11.5 Å². The van der Waals surface area contributed by atoms with E-state index in [1.54, 1.807) is 32.2 Å². The highest BCUT2D eigenvalue weighted by Crippen LogP contribution is 2.26. The van der Waals surface area contributed by atoms with Crippen molar-refractivity contribution in [1.82, 2.24) is 10.2 Å². The number of hydrogen-bond acceptors (Lipinski definition) is 5. The number of ether oxygens (including phenoxy) is 2. The van der Waals surface area contributed by atoms with Crippen molar-refractivity contribution in [2.75, 3.05) is 39.7 Å². The molecule has 0 saturated heterocycles. The number of amides is 2. The second-order valence-electron chi connectivity index (χ2n) is 7.78. The second-order valence-corrected chi connectivity index (χ2v) is 7.78. The number of methoxy groups -OCH3 is 2. The van der Waals surface area contributed by atoms with Gasteiger partial charge in [-0.25, -0.2) is 4.39 Å². The predicted molar refractivity (Wildman–Crippen MR) is 129 cm³/mol. The van der Waals surface area contributed by atoms with Gasteiger partial charge in [-0.05, 0) is 60.6 Å². The van der Waals surface area contributed by atoms with Crippen LogP contribution in [0.15, 0.2) is 72.8 Å². The summed E-state index contributed by atoms with van der Waals surface area (Å²) in [5, 5.41) is 5.67. The Bertz CT molecular complexity index is 1060. The van der Waals surface area contributed by atoms with Crippen molar-refractivity contribution >= 4 is 17.5 Å². The van der Waals surface area contributed by atoms with Gasteiger partial charge < -0.3 is 20.1 Å². The Morgan fingerprint density at radius 3 is 1.88 bits per heavy atom. The van der Waals surface area contributed by atoms with Gasteiger partial charge in [0.05, 0.1) is 33.4 Å². The minimum absolute atomic E-state index is 0.000615. The van der Waals surface area contributed by atoms with E-state index in [1.807, 2.05) is 48.5 Å². The van der Waals surface area contributed by atoms with Crippen LogP contribution in [0.4, 0.5) is 10.1 Å². The molecule has 34 heavy (non-hydrogen) atoms. The number of carbonyl (C=O) groups excluding carboxylic acids is 2. The molecule has 0 spiro atoms. The quantitative estimate of drug-likeness (QED) is 0.478. The third-order valence-corrected chi connectivity index (χ3v) is 5.14. The standard InChI is InChI=1S/C26H28FN3O4/c1-30(16-24(31)28-21-6-4-5-20(27)15-21)17-25(32)29-26(18-7-11-22(33-2)12-8-18)19-9-13-23(34-3)14-10-19/h4-15,26H,16-17H2,1-3H3,(H,28,31)(H,29,32). The zero-order chi connectivity index (χ0) is 24.5. The van der Waals surface area contributed by atoms with Gasteiger partial charge in [0, 0.05) is 5.69 Å². The molecule has 2 N–H and O–H groups in total. The van der Waals surface area contributed by atoms with E-state index in [9.17, 15) is 14.0 Å². The first-order chi connectivity index (χ1) is 16.4. The smallest absolute Gasteiger partial charge is 0.238 e. The molecule has 7 nitrogen and oxygen atoms in total. The van der Waals surface area contributed by atoms with Gasteiger partial charge in [0.15, 0.2) is 0 Å². The first-order valence-electron chi connectivity index (χ1n) is 10.7. The van der Waals surface area contributed by atoms with Gasteiger partial charge in [-0.2, -0.15) is 0 Å². The molecule has 0 aliphatic carbocycles. The van der Waals surface area contributed by atoms with Crippen molar-refractivity contribution in [2.45, 2.75) is 6.04 Å². The largest absolute Gasteiger partial charge is 0.497 e. The maximum Gasteiger partial charge on any atom is 0.238 e. The fourth-order valence-corrected chi connectivity index (χ4v) is 3.47. The number of nitrogens with one attached hydrogen (secondary N) is 2. The summed E-state index contributed by atoms with van der Waals surface area (Å²) in [6, 6.07) is 20.2. The Balaban J connectivity index is 1.65. The van der Waals surface area contributed by atoms with Gasteiger partial charge in [-0.15, -0.1) is 0 Å². The maximum atomic E-state index is 13.3. The van der Waals surface area contributed by atoms with Crippen LogP contribution in [0.2, 0.25) is 0 Å². The van der Waals surface area contributed by atoms with E-state index in [-0.39, 0.29) is 24.9 Å². The van der Waals surface area contributed by atoms with E-state index in [0.717, 1.165) is 11.1 Å². The molecule has 0 aromatic heterocycles. The van der Waals surface area contributed by atoms with E-state index < -0.39 is 11.9 Å². The van der Waals surface area contributed by atoms with Crippen LogP contribution in [-0.4, -0.2) is 51.1 Å². The number of likely N-dealkylation sites (N-methyl/N-ethyl adjacent to an activating group) is 1. The predicted octanol–water partition coefficient (Wildman–Crippen LogP) is 3.62. The number of nitrogens with zero attached hydrogens (tertiary/aromatic N) is 1. The summed E-state index contributed by atoms with van der Waals surface area (Å²) in [6.07, 6.45) is 0. The number of benzene rings is 3. The minimum atomic E-state index is -0.436. The summed E-state index contributed by atoms with van der Waals surface area (Å²) < 4.78 is 23.8. The molecule has 3 aromatic rings. The summed E-state index contributed by atoms with van der Waals surface area (Å²) >= 11 is 0. The maximum absolute atomic E-state index is 13.3. The summed E-state index contributed by atoms with van der Waals surface area (Å²) in [7, 11) is 4.86. The van der Waals surface area contributed by atoms with Crippen LogP contribution < -0.4 is 20.1 Å². The Morgan fingerprint density at radius 2 is 1.38 bits per heavy atom. The van der Waals surface area contributed by atoms with Gasteiger partial charge in [0.1, 0.15) is 17.3 Å². The van der Waals surface area contributed by atoms with Crippen LogP contribution in [0, 0.1) is 5.82 Å². The molecular formula is C26H28FN3O4. The molecule has 0 aliphatic rings. The van der Waals surface area contributed by atoms with E-state index in [1.165, 1.54) is 18.2 Å². The zero-order valence-corrected chi connectivity index (χ0v) is 19.4. The van der Waals surface area contributed by atoms with E-state index >= 15 is 0 Å². The first-order valence-corrected chi connectivity index (χ1v) is 10.7. The molecule has 0 heterocycles. The normalized spacial score (nSPS) is 10.8. The Labute approximate surface area is 198 Å². The zero-order valence-electron chi connectivity index (χ0n) is 19.4. The number of rotatable bonds is 10. The number of halogens is 1. The summed E-state index contributed by atoms with van der Waals surface area (Å²) in [6.45, 7) is -0.0287. The lowest BCUT2D eigenvalue weighted by atomic mass is 9.98. The average Bonchev–Trinajstić information content (AvgIpc) is 2.82. The lowest BCUT2D eigenvalue weighted by Gasteiger charge is -2.22. The molecule has 0 bridgehead atoms. The van der Waals surface area contributed by atoms with Gasteiger partial charge >= 0.3 is 0 Å². The number of carbonyl (C=O) groups is 2. The third kappa shape index (κ3) is 7.05. The molecular weight excluding hydrogens is 437 g/mol. The molecule has 0 aliphatic heterocycles. The number of hydrogen-bond donors (Lipinski definition) is 2. The molecule has 0 fully saturated rings. The Hall–Kier alpha value is -3.91. The molecule has 0 saturated carbocycles. The van der Waals surface area contributed by atoms with Crippen molar-refractivity contribution in [3.05, 3.63) is 89.7 Å². The Kier molecular flexibility index (Phi) is 8.59. The van der Waals surface area contributed by atoms with E-state index in [4.69, 9.17) is 9.47 Å². The number of anilines is 1. The lowest BCUT2D eigenvalue weighted by Crippen LogP contribution is -2.40. The van der Waals surface area contributed by atoms with E-state index in [0.29, 0.717) is 17.2 Å². The van der Waals surface area contributed by atoms with Crippen LogP contribution in [0.3, 0.4) is 0 Å². The van der Waals surface area contributed by atoms with Gasteiger partial charge in [0.25, 0.3) is 0 Å². The van der Waals surface area contributed by atoms with Crippen molar-refractivity contribution in [3.63, 3.8) is 0 Å². The summed E-state index contributed by atoms with van der Waals surface area (Å²) in [5.41, 5.74) is 2.12. The molecule has 0 radical (unpaired) electrons. The molecule has 3 rings (SSSR count). The molecule has 8 heteroatoms. The molecule has 3 aromatic carbocycles. The fraction of sp³-hybridized carbons (Fsp3) is 0.231. The van der Waals surface area contributed by atoms with Crippen molar-refractivity contribution in [2.24, 2.45) is 0 Å².